The fourth-order valence-corrected chi connectivity index (χ4v) is 4.12. The molecule has 1 amide bonds. The fraction of sp³-hybridized carbons (Fsp3) is 0.211. The fourth-order valence-electron chi connectivity index (χ4n) is 3.00. The zero-order chi connectivity index (χ0) is 19.0. The smallest absolute Gasteiger partial charge is 0.240 e. The summed E-state index contributed by atoms with van der Waals surface area (Å²) in [7, 11) is 0. The van der Waals surface area contributed by atoms with Crippen LogP contribution in [0.1, 0.15) is 23.0 Å². The maximum absolute atomic E-state index is 13.4. The Morgan fingerprint density at radius 2 is 1.89 bits per heavy atom. The van der Waals surface area contributed by atoms with Crippen molar-refractivity contribution in [2.45, 2.75) is 30.3 Å². The van der Waals surface area contributed by atoms with E-state index in [4.69, 9.17) is 0 Å². The van der Waals surface area contributed by atoms with Gasteiger partial charge in [-0.3, -0.25) is 4.79 Å². The van der Waals surface area contributed by atoms with Crippen molar-refractivity contribution in [3.8, 4) is 0 Å². The van der Waals surface area contributed by atoms with Gasteiger partial charge in [-0.25, -0.2) is 9.07 Å². The van der Waals surface area contributed by atoms with Crippen molar-refractivity contribution < 1.29 is 9.18 Å². The minimum Gasteiger partial charge on any atom is -0.325 e. The number of thioether (sulfide) groups is 1. The number of nitrogens with one attached hydrogen (secondary N) is 2. The minimum absolute atomic E-state index is 0.150. The van der Waals surface area contributed by atoms with Crippen LogP contribution in [0.5, 0.6) is 0 Å². The molecule has 27 heavy (non-hydrogen) atoms. The van der Waals surface area contributed by atoms with Crippen molar-refractivity contribution in [1.82, 2.24) is 14.9 Å². The average Bonchev–Trinajstić information content (AvgIpc) is 3.03. The van der Waals surface area contributed by atoms with Crippen molar-refractivity contribution >= 4 is 23.4 Å². The molecule has 8 heteroatoms. The van der Waals surface area contributed by atoms with Gasteiger partial charge >= 0.3 is 0 Å². The molecule has 1 aliphatic heterocycles. The van der Waals surface area contributed by atoms with E-state index in [1.807, 2.05) is 38.1 Å². The van der Waals surface area contributed by atoms with Crippen LogP contribution < -0.4 is 10.7 Å². The molecule has 3 aromatic rings. The van der Waals surface area contributed by atoms with E-state index in [1.54, 1.807) is 16.8 Å². The molecule has 0 radical (unpaired) electrons. The lowest BCUT2D eigenvalue weighted by Crippen LogP contribution is -2.41. The number of para-hydroxylation sites is 1. The number of halogens is 1. The summed E-state index contributed by atoms with van der Waals surface area (Å²) in [5, 5.41) is 11.3. The number of carbonyl (C=O) groups is 1. The molecule has 6 nitrogen and oxygen atoms in total. The molecule has 0 fully saturated rings. The van der Waals surface area contributed by atoms with Crippen LogP contribution in [-0.2, 0) is 4.79 Å². The molecule has 2 aromatic carbocycles. The van der Waals surface area contributed by atoms with Gasteiger partial charge in [0.1, 0.15) is 16.9 Å². The van der Waals surface area contributed by atoms with E-state index in [0.29, 0.717) is 11.0 Å². The van der Waals surface area contributed by atoms with Gasteiger partial charge in [-0.1, -0.05) is 42.1 Å². The normalized spacial score (nSPS) is 18.5. The van der Waals surface area contributed by atoms with Crippen molar-refractivity contribution in [1.29, 1.82) is 0 Å². The highest BCUT2D eigenvalue weighted by Crippen LogP contribution is 2.37. The predicted octanol–water partition coefficient (Wildman–Crippen LogP) is 3.43. The number of rotatable bonds is 3. The van der Waals surface area contributed by atoms with Crippen LogP contribution in [0, 0.1) is 19.7 Å². The Balaban J connectivity index is 1.68. The molecule has 0 unspecified atom stereocenters. The van der Waals surface area contributed by atoms with Crippen molar-refractivity contribution in [2.24, 2.45) is 0 Å². The third-order valence-electron chi connectivity index (χ3n) is 4.49. The number of nitrogens with zero attached hydrogens (tertiary/aromatic N) is 3. The summed E-state index contributed by atoms with van der Waals surface area (Å²) in [4.78, 5) is 13.1. The summed E-state index contributed by atoms with van der Waals surface area (Å²) in [5.41, 5.74) is 5.86. The van der Waals surface area contributed by atoms with Gasteiger partial charge in [0, 0.05) is 5.69 Å². The quantitative estimate of drug-likeness (QED) is 0.725. The molecule has 0 aliphatic carbocycles. The van der Waals surface area contributed by atoms with Gasteiger partial charge in [0.2, 0.25) is 11.1 Å². The Morgan fingerprint density at radius 3 is 2.63 bits per heavy atom. The maximum Gasteiger partial charge on any atom is 0.240 e. The highest BCUT2D eigenvalue weighted by molar-refractivity contribution is 8.00. The van der Waals surface area contributed by atoms with Gasteiger partial charge in [0.15, 0.2) is 0 Å². The van der Waals surface area contributed by atoms with Crippen LogP contribution in [-0.4, -0.2) is 26.0 Å². The summed E-state index contributed by atoms with van der Waals surface area (Å²) in [6, 6.07) is 13.4. The van der Waals surface area contributed by atoms with E-state index in [-0.39, 0.29) is 17.8 Å². The van der Waals surface area contributed by atoms with Crippen molar-refractivity contribution in [3.63, 3.8) is 0 Å². The maximum atomic E-state index is 13.4. The third-order valence-corrected chi connectivity index (χ3v) is 5.70. The monoisotopic (exact) mass is 383 g/mol. The standard InChI is InChI=1S/C19H18FN5OS/c1-11-5-3-4-6-15(11)21-18(26)17-16(13-7-9-14(20)10-8-13)24-25-12(2)22-23-19(25)27-17/h3-10,16-17,24H,1-2H3,(H,21,26)/t16-,17-/m0/s1. The van der Waals surface area contributed by atoms with Crippen LogP contribution in [0.25, 0.3) is 0 Å². The molecule has 0 saturated heterocycles. The Morgan fingerprint density at radius 1 is 1.15 bits per heavy atom. The van der Waals surface area contributed by atoms with E-state index in [9.17, 15) is 9.18 Å². The largest absolute Gasteiger partial charge is 0.325 e. The SMILES string of the molecule is Cc1ccccc1NC(=O)[C@H]1Sc2nnc(C)n2N[C@H]1c1ccc(F)cc1. The van der Waals surface area contributed by atoms with Crippen molar-refractivity contribution in [3.05, 3.63) is 71.3 Å². The molecular formula is C19H18FN5OS. The van der Waals surface area contributed by atoms with E-state index < -0.39 is 5.25 Å². The van der Waals surface area contributed by atoms with Crippen LogP contribution >= 0.6 is 11.8 Å². The summed E-state index contributed by atoms with van der Waals surface area (Å²) >= 11 is 1.34. The Kier molecular flexibility index (Phi) is 4.57. The molecule has 0 bridgehead atoms. The topological polar surface area (TPSA) is 71.8 Å². The molecule has 1 aromatic heterocycles. The van der Waals surface area contributed by atoms with Gasteiger partial charge in [-0.05, 0) is 43.2 Å². The number of hydrogen-bond donors (Lipinski definition) is 2. The van der Waals surface area contributed by atoms with Gasteiger partial charge in [-0.15, -0.1) is 10.2 Å². The number of anilines is 1. The highest BCUT2D eigenvalue weighted by Gasteiger charge is 2.37. The molecule has 2 atom stereocenters. The van der Waals surface area contributed by atoms with E-state index >= 15 is 0 Å². The number of aryl methyl sites for hydroxylation is 2. The molecule has 4 rings (SSSR count). The van der Waals surface area contributed by atoms with Gasteiger partial charge < -0.3 is 10.7 Å². The van der Waals surface area contributed by atoms with E-state index in [2.05, 4.69) is 20.9 Å². The number of hydrogen-bond acceptors (Lipinski definition) is 5. The first kappa shape index (κ1) is 17.5. The summed E-state index contributed by atoms with van der Waals surface area (Å²) in [6.07, 6.45) is 0. The molecule has 138 valence electrons. The van der Waals surface area contributed by atoms with Gasteiger partial charge in [0.25, 0.3) is 0 Å². The van der Waals surface area contributed by atoms with Crippen LogP contribution in [0.15, 0.2) is 53.7 Å². The molecular weight excluding hydrogens is 365 g/mol. The van der Waals surface area contributed by atoms with E-state index in [1.165, 1.54) is 23.9 Å². The average molecular weight is 383 g/mol. The Bertz CT molecular complexity index is 988. The van der Waals surface area contributed by atoms with Gasteiger partial charge in [0.05, 0.1) is 6.04 Å². The molecule has 0 spiro atoms. The lowest BCUT2D eigenvalue weighted by Gasteiger charge is -2.32. The van der Waals surface area contributed by atoms with Crippen LogP contribution in [0.2, 0.25) is 0 Å². The number of carbonyl (C=O) groups excluding carboxylic acids is 1. The predicted molar refractivity (Wildman–Crippen MR) is 103 cm³/mol. The number of aromatic nitrogens is 3. The lowest BCUT2D eigenvalue weighted by atomic mass is 10.0. The zero-order valence-electron chi connectivity index (χ0n) is 14.8. The van der Waals surface area contributed by atoms with Gasteiger partial charge in [-0.2, -0.15) is 0 Å². The molecule has 1 aliphatic rings. The third kappa shape index (κ3) is 3.40. The second kappa shape index (κ2) is 7.03. The summed E-state index contributed by atoms with van der Waals surface area (Å²) < 4.78 is 15.1. The second-order valence-electron chi connectivity index (χ2n) is 6.37. The first-order valence-electron chi connectivity index (χ1n) is 8.50. The van der Waals surface area contributed by atoms with Crippen LogP contribution in [0.3, 0.4) is 0 Å². The van der Waals surface area contributed by atoms with E-state index in [0.717, 1.165) is 16.8 Å². The molecule has 2 heterocycles. The summed E-state index contributed by atoms with van der Waals surface area (Å²) in [5.74, 6) is 0.231. The number of fused-ring (bicyclic) bond motifs is 1. The first-order chi connectivity index (χ1) is 13.0. The van der Waals surface area contributed by atoms with Crippen molar-refractivity contribution in [2.75, 3.05) is 10.7 Å². The summed E-state index contributed by atoms with van der Waals surface area (Å²) in [6.45, 7) is 3.78. The minimum atomic E-state index is -0.494. The first-order valence-corrected chi connectivity index (χ1v) is 9.38. The molecule has 0 saturated carbocycles. The molecule has 2 N–H and O–H groups in total. The number of amides is 1. The highest BCUT2D eigenvalue weighted by atomic mass is 32.2. The van der Waals surface area contributed by atoms with Crippen LogP contribution in [0.4, 0.5) is 10.1 Å². The second-order valence-corrected chi connectivity index (χ2v) is 7.47. The number of benzene rings is 2. The lowest BCUT2D eigenvalue weighted by molar-refractivity contribution is -0.116. The zero-order valence-corrected chi connectivity index (χ0v) is 15.6. The Labute approximate surface area is 160 Å². The Hall–Kier alpha value is -2.87.